The Kier molecular flexibility index (Phi) is 4.18. The van der Waals surface area contributed by atoms with Gasteiger partial charge in [-0.25, -0.2) is 13.6 Å². The third-order valence-electron chi connectivity index (χ3n) is 4.85. The highest BCUT2D eigenvalue weighted by atomic mass is 19.1. The number of hydrogen-bond acceptors (Lipinski definition) is 3. The Balaban J connectivity index is 1.72. The summed E-state index contributed by atoms with van der Waals surface area (Å²) in [5, 5.41) is 11.1. The topological polar surface area (TPSA) is 59.4 Å². The second-order valence-electron chi connectivity index (χ2n) is 6.14. The van der Waals surface area contributed by atoms with Crippen molar-refractivity contribution in [2.75, 3.05) is 25.5 Å². The highest BCUT2D eigenvalue weighted by Gasteiger charge is 2.36. The summed E-state index contributed by atoms with van der Waals surface area (Å²) in [6, 6.07) is 3.58. The Labute approximate surface area is 133 Å². The SMILES string of the molecule is CN1[C@H]2CC[C@@H]1CN(C(=O)Nc1cc(F)c(C#N)cc1F)CC2. The van der Waals surface area contributed by atoms with E-state index in [1.807, 2.05) is 0 Å². The standard InChI is InChI=1S/C16H18F2N4O/c1-21-11-2-3-12(21)9-22(5-4-11)16(23)20-15-7-13(17)10(8-19)6-14(15)18/h6-7,11-12H,2-5,9H2,1H3,(H,20,23)/t11-,12+/m0/s1. The molecule has 0 aromatic heterocycles. The van der Waals surface area contributed by atoms with Gasteiger partial charge in [-0.2, -0.15) is 5.26 Å². The lowest BCUT2D eigenvalue weighted by Gasteiger charge is -2.26. The summed E-state index contributed by atoms with van der Waals surface area (Å²) in [6.07, 6.45) is 3.07. The summed E-state index contributed by atoms with van der Waals surface area (Å²) in [5.74, 6) is -1.66. The Morgan fingerprint density at radius 3 is 2.74 bits per heavy atom. The van der Waals surface area contributed by atoms with Crippen LogP contribution in [0, 0.1) is 23.0 Å². The minimum atomic E-state index is -0.848. The number of nitrogens with one attached hydrogen (secondary N) is 1. The average molecular weight is 320 g/mol. The lowest BCUT2D eigenvalue weighted by Crippen LogP contribution is -2.41. The van der Waals surface area contributed by atoms with Crippen molar-refractivity contribution in [3.63, 3.8) is 0 Å². The zero-order chi connectivity index (χ0) is 16.6. The van der Waals surface area contributed by atoms with E-state index in [0.29, 0.717) is 25.2 Å². The number of amides is 2. The number of nitrogens with zero attached hydrogens (tertiary/aromatic N) is 3. The molecule has 1 aromatic rings. The lowest BCUT2D eigenvalue weighted by atomic mass is 10.1. The fraction of sp³-hybridized carbons (Fsp3) is 0.500. The van der Waals surface area contributed by atoms with Crippen molar-refractivity contribution in [3.8, 4) is 6.07 Å². The van der Waals surface area contributed by atoms with Gasteiger partial charge in [-0.05, 0) is 32.4 Å². The molecule has 0 spiro atoms. The summed E-state index contributed by atoms with van der Waals surface area (Å²) < 4.78 is 27.5. The maximum atomic E-state index is 13.9. The summed E-state index contributed by atoms with van der Waals surface area (Å²) >= 11 is 0. The second kappa shape index (κ2) is 6.13. The fourth-order valence-corrected chi connectivity index (χ4v) is 3.42. The number of urea groups is 1. The average Bonchev–Trinajstić information content (AvgIpc) is 2.75. The van der Waals surface area contributed by atoms with E-state index in [9.17, 15) is 13.6 Å². The van der Waals surface area contributed by atoms with Gasteiger partial charge in [0, 0.05) is 31.2 Å². The molecule has 0 unspecified atom stereocenters. The maximum Gasteiger partial charge on any atom is 0.321 e. The van der Waals surface area contributed by atoms with Crippen LogP contribution >= 0.6 is 0 Å². The summed E-state index contributed by atoms with van der Waals surface area (Å²) in [4.78, 5) is 16.3. The van der Waals surface area contributed by atoms with E-state index in [-0.39, 0.29) is 11.3 Å². The van der Waals surface area contributed by atoms with E-state index >= 15 is 0 Å². The number of hydrogen-bond donors (Lipinski definition) is 1. The minimum absolute atomic E-state index is 0.241. The molecule has 2 saturated heterocycles. The molecule has 0 saturated carbocycles. The Hall–Kier alpha value is -2.20. The maximum absolute atomic E-state index is 13.9. The predicted octanol–water partition coefficient (Wildman–Crippen LogP) is 2.54. The molecule has 122 valence electrons. The zero-order valence-electron chi connectivity index (χ0n) is 12.9. The van der Waals surface area contributed by atoms with Gasteiger partial charge >= 0.3 is 6.03 Å². The van der Waals surface area contributed by atoms with Crippen molar-refractivity contribution in [2.24, 2.45) is 0 Å². The van der Waals surface area contributed by atoms with E-state index in [2.05, 4.69) is 17.3 Å². The normalized spacial score (nSPS) is 24.2. The van der Waals surface area contributed by atoms with E-state index in [4.69, 9.17) is 5.26 Å². The van der Waals surface area contributed by atoms with E-state index < -0.39 is 17.7 Å². The smallest absolute Gasteiger partial charge is 0.321 e. The number of likely N-dealkylation sites (N-methyl/N-ethyl adjacent to an activating group) is 1. The molecule has 7 heteroatoms. The van der Waals surface area contributed by atoms with Crippen molar-refractivity contribution >= 4 is 11.7 Å². The molecule has 2 aliphatic heterocycles. The monoisotopic (exact) mass is 320 g/mol. The van der Waals surface area contributed by atoms with Crippen LogP contribution in [-0.2, 0) is 0 Å². The van der Waals surface area contributed by atoms with Gasteiger partial charge in [-0.1, -0.05) is 0 Å². The first-order valence-corrected chi connectivity index (χ1v) is 7.66. The predicted molar refractivity (Wildman–Crippen MR) is 80.9 cm³/mol. The zero-order valence-corrected chi connectivity index (χ0v) is 12.9. The quantitative estimate of drug-likeness (QED) is 0.865. The van der Waals surface area contributed by atoms with Crippen molar-refractivity contribution in [1.82, 2.24) is 9.80 Å². The molecule has 3 rings (SSSR count). The van der Waals surface area contributed by atoms with Gasteiger partial charge in [0.25, 0.3) is 0 Å². The number of nitriles is 1. The fourth-order valence-electron chi connectivity index (χ4n) is 3.42. The van der Waals surface area contributed by atoms with Gasteiger partial charge in [-0.3, -0.25) is 4.90 Å². The van der Waals surface area contributed by atoms with Crippen molar-refractivity contribution in [3.05, 3.63) is 29.3 Å². The van der Waals surface area contributed by atoms with Gasteiger partial charge in [0.2, 0.25) is 0 Å². The van der Waals surface area contributed by atoms with E-state index in [1.54, 1.807) is 11.0 Å². The van der Waals surface area contributed by atoms with Gasteiger partial charge < -0.3 is 10.2 Å². The number of carbonyl (C=O) groups excluding carboxylic acids is 1. The van der Waals surface area contributed by atoms with Gasteiger partial charge in [0.05, 0.1) is 11.3 Å². The Morgan fingerprint density at radius 2 is 2.00 bits per heavy atom. The summed E-state index contributed by atoms with van der Waals surface area (Å²) in [6.45, 7) is 1.18. The van der Waals surface area contributed by atoms with Crippen molar-refractivity contribution in [1.29, 1.82) is 5.26 Å². The molecular formula is C16H18F2N4O. The molecule has 2 bridgehead atoms. The molecule has 2 atom stereocenters. The third-order valence-corrected chi connectivity index (χ3v) is 4.85. The van der Waals surface area contributed by atoms with Crippen LogP contribution in [0.2, 0.25) is 0 Å². The molecule has 2 heterocycles. The molecule has 0 radical (unpaired) electrons. The first kappa shape index (κ1) is 15.7. The van der Waals surface area contributed by atoms with Crippen LogP contribution in [-0.4, -0.2) is 48.1 Å². The van der Waals surface area contributed by atoms with Crippen LogP contribution in [0.25, 0.3) is 0 Å². The highest BCUT2D eigenvalue weighted by Crippen LogP contribution is 2.29. The lowest BCUT2D eigenvalue weighted by molar-refractivity contribution is 0.200. The van der Waals surface area contributed by atoms with Crippen LogP contribution in [0.1, 0.15) is 24.8 Å². The van der Waals surface area contributed by atoms with Gasteiger partial charge in [-0.15, -0.1) is 0 Å². The van der Waals surface area contributed by atoms with E-state index in [1.165, 1.54) is 0 Å². The number of likely N-dealkylation sites (tertiary alicyclic amines) is 1. The molecule has 2 amide bonds. The van der Waals surface area contributed by atoms with Crippen molar-refractivity contribution in [2.45, 2.75) is 31.3 Å². The third kappa shape index (κ3) is 2.99. The molecule has 23 heavy (non-hydrogen) atoms. The number of fused-ring (bicyclic) bond motifs is 2. The van der Waals surface area contributed by atoms with Gasteiger partial charge in [0.15, 0.2) is 0 Å². The van der Waals surface area contributed by atoms with Crippen LogP contribution in [0.15, 0.2) is 12.1 Å². The Morgan fingerprint density at radius 1 is 1.26 bits per heavy atom. The van der Waals surface area contributed by atoms with Crippen LogP contribution in [0.4, 0.5) is 19.3 Å². The number of carbonyl (C=O) groups is 1. The van der Waals surface area contributed by atoms with E-state index in [0.717, 1.165) is 31.4 Å². The molecular weight excluding hydrogens is 302 g/mol. The van der Waals surface area contributed by atoms with Crippen molar-refractivity contribution < 1.29 is 13.6 Å². The first-order chi connectivity index (χ1) is 11.0. The molecule has 2 fully saturated rings. The summed E-state index contributed by atoms with van der Waals surface area (Å²) in [7, 11) is 2.07. The second-order valence-corrected chi connectivity index (χ2v) is 6.14. The molecule has 2 aliphatic rings. The largest absolute Gasteiger partial charge is 0.323 e. The molecule has 5 nitrogen and oxygen atoms in total. The highest BCUT2D eigenvalue weighted by molar-refractivity contribution is 5.89. The summed E-state index contributed by atoms with van der Waals surface area (Å²) in [5.41, 5.74) is -0.622. The minimum Gasteiger partial charge on any atom is -0.323 e. The molecule has 1 N–H and O–H groups in total. The number of rotatable bonds is 1. The van der Waals surface area contributed by atoms with Gasteiger partial charge in [0.1, 0.15) is 17.7 Å². The first-order valence-electron chi connectivity index (χ1n) is 7.66. The van der Waals surface area contributed by atoms with Crippen LogP contribution < -0.4 is 5.32 Å². The van der Waals surface area contributed by atoms with Crippen LogP contribution in [0.3, 0.4) is 0 Å². The number of halogens is 2. The van der Waals surface area contributed by atoms with Crippen LogP contribution in [0.5, 0.6) is 0 Å². The molecule has 1 aromatic carbocycles. The Bertz CT molecular complexity index is 673. The number of anilines is 1. The number of benzene rings is 1. The molecule has 0 aliphatic carbocycles.